The van der Waals surface area contributed by atoms with Crippen LogP contribution >= 0.6 is 0 Å². The van der Waals surface area contributed by atoms with Gasteiger partial charge in [-0.25, -0.2) is 4.98 Å². The predicted molar refractivity (Wildman–Crippen MR) is 96.6 cm³/mol. The van der Waals surface area contributed by atoms with E-state index in [4.69, 9.17) is 9.47 Å². The quantitative estimate of drug-likeness (QED) is 0.746. The predicted octanol–water partition coefficient (Wildman–Crippen LogP) is 2.08. The highest BCUT2D eigenvalue weighted by Gasteiger charge is 2.16. The van der Waals surface area contributed by atoms with Crippen LogP contribution in [0.2, 0.25) is 0 Å². The molecule has 0 aliphatic rings. The number of imidazole rings is 1. The highest BCUT2D eigenvalue weighted by molar-refractivity contribution is 7.84. The molecule has 1 aromatic carbocycles. The number of aryl methyl sites for hydroxylation is 1. The van der Waals surface area contributed by atoms with Crippen molar-refractivity contribution >= 4 is 21.8 Å². The molecule has 0 aliphatic heterocycles. The summed E-state index contributed by atoms with van der Waals surface area (Å²) in [5.74, 6) is 1.79. The van der Waals surface area contributed by atoms with Gasteiger partial charge in [-0.3, -0.25) is 9.19 Å². The van der Waals surface area contributed by atoms with Gasteiger partial charge in [-0.2, -0.15) is 0 Å². The summed E-state index contributed by atoms with van der Waals surface area (Å²) in [7, 11) is 1.91. The van der Waals surface area contributed by atoms with Crippen LogP contribution in [-0.4, -0.2) is 38.9 Å². The second kappa shape index (κ2) is 7.62. The molecule has 0 radical (unpaired) electrons. The third-order valence-electron chi connectivity index (χ3n) is 3.90. The van der Waals surface area contributed by atoms with Gasteiger partial charge in [0.1, 0.15) is 11.5 Å². The fraction of sp³-hybridized carbons (Fsp3) is 0.294. The van der Waals surface area contributed by atoms with Crippen molar-refractivity contribution in [3.8, 4) is 11.5 Å². The third-order valence-corrected chi connectivity index (χ3v) is 5.06. The zero-order valence-electron chi connectivity index (χ0n) is 14.5. The van der Waals surface area contributed by atoms with Crippen LogP contribution in [0, 0.1) is 13.8 Å². The van der Waals surface area contributed by atoms with E-state index in [1.165, 1.54) is 0 Å². The number of ether oxygens (including phenoxy) is 2. The van der Waals surface area contributed by atoms with Crippen molar-refractivity contribution in [3.63, 3.8) is 0 Å². The van der Waals surface area contributed by atoms with Crippen LogP contribution in [0.25, 0.3) is 11.0 Å². The number of hydrogen-bond acceptors (Lipinski definition) is 5. The van der Waals surface area contributed by atoms with E-state index >= 15 is 0 Å². The molecule has 3 rings (SSSR count). The van der Waals surface area contributed by atoms with Crippen LogP contribution in [0.1, 0.15) is 16.8 Å². The molecule has 1 atom stereocenters. The first kappa shape index (κ1) is 18.9. The van der Waals surface area contributed by atoms with Crippen LogP contribution in [-0.2, 0) is 16.6 Å². The summed E-state index contributed by atoms with van der Waals surface area (Å²) in [6.07, 6.45) is 1.74. The van der Waals surface area contributed by atoms with Crippen LogP contribution in [0.5, 0.6) is 11.5 Å². The fourth-order valence-corrected chi connectivity index (χ4v) is 3.71. The Kier molecular flexibility index (Phi) is 5.76. The largest absolute Gasteiger partial charge is 0.497 e. The summed E-state index contributed by atoms with van der Waals surface area (Å²) in [6, 6.07) is 5.50. The van der Waals surface area contributed by atoms with E-state index in [-0.39, 0.29) is 11.2 Å². The monoisotopic (exact) mass is 363 g/mol. The summed E-state index contributed by atoms with van der Waals surface area (Å²) < 4.78 is 23.3. The van der Waals surface area contributed by atoms with Crippen LogP contribution in [0.4, 0.5) is 0 Å². The Balaban J connectivity index is 0.00000225. The summed E-state index contributed by atoms with van der Waals surface area (Å²) in [5.41, 5.74) is 4.16. The van der Waals surface area contributed by atoms with Crippen molar-refractivity contribution in [3.05, 3.63) is 41.2 Å². The van der Waals surface area contributed by atoms with E-state index in [0.717, 1.165) is 39.4 Å². The lowest BCUT2D eigenvalue weighted by atomic mass is 10.1. The number of pyridine rings is 1. The minimum Gasteiger partial charge on any atom is -0.497 e. The Morgan fingerprint density at radius 1 is 1.20 bits per heavy atom. The number of aromatic nitrogens is 3. The topological polar surface area (TPSA) is 109 Å². The van der Waals surface area contributed by atoms with Gasteiger partial charge in [0.25, 0.3) is 0 Å². The number of aromatic amines is 1. The lowest BCUT2D eigenvalue weighted by molar-refractivity contribution is 0.407. The highest BCUT2D eigenvalue weighted by atomic mass is 32.2. The normalized spacial score (nSPS) is 11.8. The third kappa shape index (κ3) is 3.64. The van der Waals surface area contributed by atoms with Gasteiger partial charge in [-0.05, 0) is 26.0 Å². The van der Waals surface area contributed by atoms with Crippen molar-refractivity contribution in [2.75, 3.05) is 14.2 Å². The molecular weight excluding hydrogens is 342 g/mol. The number of hydrogen-bond donors (Lipinski definition) is 1. The van der Waals surface area contributed by atoms with Gasteiger partial charge >= 0.3 is 0 Å². The molecule has 2 aromatic heterocycles. The first-order valence-corrected chi connectivity index (χ1v) is 8.76. The summed E-state index contributed by atoms with van der Waals surface area (Å²) in [5, 5.41) is 0.430. The number of H-pyrrole nitrogens is 1. The Bertz CT molecular complexity index is 924. The molecule has 0 amide bonds. The van der Waals surface area contributed by atoms with Gasteiger partial charge in [0.2, 0.25) is 0 Å². The molecule has 3 aromatic rings. The molecule has 0 unspecified atom stereocenters. The summed E-state index contributed by atoms with van der Waals surface area (Å²) >= 11 is 0. The average Bonchev–Trinajstić information content (AvgIpc) is 3.01. The second-order valence-corrected chi connectivity index (χ2v) is 6.83. The molecule has 0 saturated heterocycles. The van der Waals surface area contributed by atoms with Crippen molar-refractivity contribution in [2.45, 2.75) is 24.8 Å². The molecule has 0 spiro atoms. The fourth-order valence-electron chi connectivity index (χ4n) is 2.61. The van der Waals surface area contributed by atoms with Gasteiger partial charge in [-0.15, -0.1) is 0 Å². The Hall–Kier alpha value is -2.45. The Morgan fingerprint density at radius 2 is 1.96 bits per heavy atom. The lowest BCUT2D eigenvalue weighted by Gasteiger charge is -2.11. The molecule has 0 bridgehead atoms. The van der Waals surface area contributed by atoms with E-state index in [1.54, 1.807) is 20.4 Å². The number of methoxy groups -OCH3 is 2. The Labute approximate surface area is 148 Å². The molecule has 0 saturated carbocycles. The Morgan fingerprint density at radius 3 is 2.64 bits per heavy atom. The van der Waals surface area contributed by atoms with E-state index in [2.05, 4.69) is 15.0 Å². The maximum atomic E-state index is 12.7. The van der Waals surface area contributed by atoms with Crippen molar-refractivity contribution in [2.24, 2.45) is 0 Å². The van der Waals surface area contributed by atoms with Gasteiger partial charge in [0, 0.05) is 23.4 Å². The van der Waals surface area contributed by atoms with Crippen molar-refractivity contribution < 1.29 is 19.2 Å². The van der Waals surface area contributed by atoms with E-state index < -0.39 is 10.8 Å². The zero-order valence-corrected chi connectivity index (χ0v) is 15.4. The smallest absolute Gasteiger partial charge is 0.197 e. The van der Waals surface area contributed by atoms with Crippen LogP contribution < -0.4 is 9.47 Å². The molecular formula is C17H21N3O4S. The first-order valence-electron chi connectivity index (χ1n) is 7.44. The molecule has 7 nitrogen and oxygen atoms in total. The second-order valence-electron chi connectivity index (χ2n) is 5.46. The first-order chi connectivity index (χ1) is 11.5. The maximum absolute atomic E-state index is 12.7. The number of fused-ring (bicyclic) bond motifs is 1. The molecule has 0 aliphatic carbocycles. The number of nitrogens with zero attached hydrogens (tertiary/aromatic N) is 2. The van der Waals surface area contributed by atoms with Gasteiger partial charge in [0.15, 0.2) is 5.16 Å². The van der Waals surface area contributed by atoms with Gasteiger partial charge in [-0.1, -0.05) is 0 Å². The van der Waals surface area contributed by atoms with E-state index in [1.807, 2.05) is 32.0 Å². The van der Waals surface area contributed by atoms with Crippen LogP contribution in [0.15, 0.2) is 29.6 Å². The lowest BCUT2D eigenvalue weighted by Crippen LogP contribution is -2.05. The zero-order chi connectivity index (χ0) is 17.3. The highest BCUT2D eigenvalue weighted by Crippen LogP contribution is 2.26. The van der Waals surface area contributed by atoms with E-state index in [0.29, 0.717) is 5.16 Å². The molecule has 8 heteroatoms. The van der Waals surface area contributed by atoms with Gasteiger partial charge < -0.3 is 19.9 Å². The average molecular weight is 363 g/mol. The minimum absolute atomic E-state index is 0. The minimum atomic E-state index is -1.33. The van der Waals surface area contributed by atoms with Gasteiger partial charge in [0.05, 0.1) is 47.5 Å². The van der Waals surface area contributed by atoms with E-state index in [9.17, 15) is 4.21 Å². The number of nitrogens with one attached hydrogen (secondary N) is 1. The SMILES string of the molecule is COc1ccc2nc([S@@](=O)Cc3ncc(C)c(OC)c3C)[nH]c2c1.O. The molecule has 134 valence electrons. The molecule has 3 N–H and O–H groups in total. The van der Waals surface area contributed by atoms with Crippen molar-refractivity contribution in [1.29, 1.82) is 0 Å². The van der Waals surface area contributed by atoms with Crippen LogP contribution in [0.3, 0.4) is 0 Å². The molecule has 0 fully saturated rings. The van der Waals surface area contributed by atoms with Crippen molar-refractivity contribution in [1.82, 2.24) is 15.0 Å². The molecule has 2 heterocycles. The maximum Gasteiger partial charge on any atom is 0.197 e. The summed E-state index contributed by atoms with van der Waals surface area (Å²) in [4.78, 5) is 11.9. The standard InChI is InChI=1S/C17H19N3O3S.H2O/c1-10-8-18-15(11(2)16(10)23-4)9-24(21)17-19-13-6-5-12(22-3)7-14(13)20-17;/h5-8H,9H2,1-4H3,(H,19,20);1H2/t24-;/m0./s1. The number of rotatable bonds is 5. The molecule has 25 heavy (non-hydrogen) atoms. The summed E-state index contributed by atoms with van der Waals surface area (Å²) in [6.45, 7) is 3.86. The number of benzene rings is 1.